The zero-order valence-corrected chi connectivity index (χ0v) is 17.3. The molecule has 0 heterocycles. The predicted molar refractivity (Wildman–Crippen MR) is 118 cm³/mol. The Morgan fingerprint density at radius 2 is 1.23 bits per heavy atom. The summed E-state index contributed by atoms with van der Waals surface area (Å²) in [6.07, 6.45) is -0.247. The molecule has 4 atom stereocenters. The standard InChI is InChI=1S/C27H24O4/c1-27(31)17-21(28)23(25(29)19-13-7-3-8-14-19)22(18-11-5-2-6-12-18)24(27)26(30)20-15-9-4-10-16-20/h2-16,22-24,31H,17H2,1H3/t22-,23-,24-,27-/m1/s1. The summed E-state index contributed by atoms with van der Waals surface area (Å²) < 4.78 is 0. The Bertz CT molecular complexity index is 1090. The zero-order chi connectivity index (χ0) is 22.0. The van der Waals surface area contributed by atoms with Gasteiger partial charge >= 0.3 is 0 Å². The van der Waals surface area contributed by atoms with Crippen molar-refractivity contribution in [1.82, 2.24) is 0 Å². The summed E-state index contributed by atoms with van der Waals surface area (Å²) in [6, 6.07) is 26.5. The summed E-state index contributed by atoms with van der Waals surface area (Å²) in [6.45, 7) is 1.52. The van der Waals surface area contributed by atoms with Gasteiger partial charge in [0, 0.05) is 23.5 Å². The fourth-order valence-corrected chi connectivity index (χ4v) is 4.73. The number of ketones is 3. The molecular formula is C27H24O4. The fourth-order valence-electron chi connectivity index (χ4n) is 4.73. The number of hydrogen-bond acceptors (Lipinski definition) is 4. The van der Waals surface area contributed by atoms with Crippen molar-refractivity contribution < 1.29 is 19.5 Å². The minimum atomic E-state index is -1.57. The van der Waals surface area contributed by atoms with Crippen LogP contribution < -0.4 is 0 Å². The lowest BCUT2D eigenvalue weighted by molar-refractivity contribution is -0.134. The minimum Gasteiger partial charge on any atom is -0.389 e. The molecule has 4 heteroatoms. The number of carbonyl (C=O) groups excluding carboxylic acids is 3. The highest BCUT2D eigenvalue weighted by Gasteiger charge is 2.55. The number of Topliss-reactive ketones (excluding diaryl/α,β-unsaturated/α-hetero) is 3. The zero-order valence-electron chi connectivity index (χ0n) is 17.3. The number of carbonyl (C=O) groups is 3. The maximum Gasteiger partial charge on any atom is 0.173 e. The summed E-state index contributed by atoms with van der Waals surface area (Å²) in [7, 11) is 0. The second-order valence-corrected chi connectivity index (χ2v) is 8.35. The van der Waals surface area contributed by atoms with Gasteiger partial charge in [0.05, 0.1) is 17.4 Å². The van der Waals surface area contributed by atoms with Gasteiger partial charge in [0.1, 0.15) is 5.78 Å². The molecule has 31 heavy (non-hydrogen) atoms. The first-order valence-corrected chi connectivity index (χ1v) is 10.4. The molecule has 4 rings (SSSR count). The van der Waals surface area contributed by atoms with Gasteiger partial charge < -0.3 is 5.11 Å². The van der Waals surface area contributed by atoms with Gasteiger partial charge in [-0.05, 0) is 12.5 Å². The van der Waals surface area contributed by atoms with Gasteiger partial charge in [0.2, 0.25) is 0 Å². The Morgan fingerprint density at radius 3 is 1.74 bits per heavy atom. The Balaban J connectivity index is 1.87. The quantitative estimate of drug-likeness (QED) is 0.495. The van der Waals surface area contributed by atoms with Crippen LogP contribution >= 0.6 is 0 Å². The molecule has 1 aliphatic carbocycles. The van der Waals surface area contributed by atoms with E-state index in [9.17, 15) is 19.5 Å². The maximum absolute atomic E-state index is 13.6. The first-order chi connectivity index (χ1) is 14.9. The van der Waals surface area contributed by atoms with E-state index in [0.29, 0.717) is 16.7 Å². The van der Waals surface area contributed by atoms with Crippen LogP contribution in [0.15, 0.2) is 91.0 Å². The Morgan fingerprint density at radius 1 is 0.774 bits per heavy atom. The summed E-state index contributed by atoms with van der Waals surface area (Å²) in [4.78, 5) is 40.3. The van der Waals surface area contributed by atoms with Gasteiger partial charge in [0.25, 0.3) is 0 Å². The number of hydrogen-bond donors (Lipinski definition) is 1. The molecule has 1 fully saturated rings. The largest absolute Gasteiger partial charge is 0.389 e. The van der Waals surface area contributed by atoms with Gasteiger partial charge in [0.15, 0.2) is 11.6 Å². The van der Waals surface area contributed by atoms with E-state index >= 15 is 0 Å². The van der Waals surface area contributed by atoms with Crippen LogP contribution in [0, 0.1) is 11.8 Å². The highest BCUT2D eigenvalue weighted by molar-refractivity contribution is 6.13. The smallest absolute Gasteiger partial charge is 0.173 e. The lowest BCUT2D eigenvalue weighted by Crippen LogP contribution is -2.54. The third-order valence-corrected chi connectivity index (χ3v) is 6.13. The molecule has 3 aromatic rings. The molecule has 0 unspecified atom stereocenters. The van der Waals surface area contributed by atoms with Gasteiger partial charge in [-0.3, -0.25) is 14.4 Å². The molecule has 0 bridgehead atoms. The number of benzene rings is 3. The van der Waals surface area contributed by atoms with Crippen LogP contribution in [0.2, 0.25) is 0 Å². The third kappa shape index (κ3) is 3.99. The molecule has 0 aliphatic heterocycles. The minimum absolute atomic E-state index is 0.247. The molecule has 0 amide bonds. The molecule has 0 radical (unpaired) electrons. The van der Waals surface area contributed by atoms with Crippen molar-refractivity contribution in [3.8, 4) is 0 Å². The van der Waals surface area contributed by atoms with Crippen molar-refractivity contribution in [3.05, 3.63) is 108 Å². The SMILES string of the molecule is C[C@@]1(O)CC(=O)[C@@H](C(=O)c2ccccc2)[C@@H](c2ccccc2)[C@@H]1C(=O)c1ccccc1. The van der Waals surface area contributed by atoms with Crippen molar-refractivity contribution in [2.75, 3.05) is 0 Å². The van der Waals surface area contributed by atoms with Crippen LogP contribution in [0.25, 0.3) is 0 Å². The van der Waals surface area contributed by atoms with Crippen LogP contribution in [0.1, 0.15) is 45.5 Å². The average molecular weight is 412 g/mol. The van der Waals surface area contributed by atoms with E-state index in [4.69, 9.17) is 0 Å². The van der Waals surface area contributed by atoms with Crippen molar-refractivity contribution in [2.24, 2.45) is 11.8 Å². The summed E-state index contributed by atoms with van der Waals surface area (Å²) in [5.41, 5.74) is 0.000395. The van der Waals surface area contributed by atoms with Crippen LogP contribution in [0.3, 0.4) is 0 Å². The van der Waals surface area contributed by atoms with Gasteiger partial charge in [-0.1, -0.05) is 91.0 Å². The van der Waals surface area contributed by atoms with Gasteiger partial charge in [-0.2, -0.15) is 0 Å². The van der Waals surface area contributed by atoms with E-state index in [0.717, 1.165) is 0 Å². The molecule has 0 aromatic heterocycles. The topological polar surface area (TPSA) is 71.4 Å². The Kier molecular flexibility index (Phi) is 5.66. The lowest BCUT2D eigenvalue weighted by Gasteiger charge is -2.45. The normalized spacial score (nSPS) is 25.7. The van der Waals surface area contributed by atoms with E-state index in [1.807, 2.05) is 36.4 Å². The van der Waals surface area contributed by atoms with E-state index < -0.39 is 23.4 Å². The van der Waals surface area contributed by atoms with Crippen LogP contribution in [0.4, 0.5) is 0 Å². The predicted octanol–water partition coefficient (Wildman–Crippen LogP) is 4.49. The van der Waals surface area contributed by atoms with Crippen molar-refractivity contribution in [2.45, 2.75) is 24.9 Å². The lowest BCUT2D eigenvalue weighted by atomic mass is 9.58. The molecule has 1 N–H and O–H groups in total. The van der Waals surface area contributed by atoms with Crippen LogP contribution in [-0.4, -0.2) is 28.1 Å². The maximum atomic E-state index is 13.6. The van der Waals surface area contributed by atoms with E-state index in [-0.39, 0.29) is 23.8 Å². The van der Waals surface area contributed by atoms with Gasteiger partial charge in [-0.15, -0.1) is 0 Å². The molecule has 0 saturated heterocycles. The summed E-state index contributed by atoms with van der Waals surface area (Å²) in [5.74, 6) is -3.67. The van der Waals surface area contributed by atoms with Crippen molar-refractivity contribution >= 4 is 17.3 Å². The van der Waals surface area contributed by atoms with E-state index in [1.165, 1.54) is 6.92 Å². The molecule has 0 spiro atoms. The molecule has 4 nitrogen and oxygen atoms in total. The first-order valence-electron chi connectivity index (χ1n) is 10.4. The average Bonchev–Trinajstić information content (AvgIpc) is 2.79. The first kappa shape index (κ1) is 20.9. The molecular weight excluding hydrogens is 388 g/mol. The Labute approximate surface area is 181 Å². The second kappa shape index (κ2) is 8.40. The summed E-state index contributed by atoms with van der Waals surface area (Å²) >= 11 is 0. The number of aliphatic hydroxyl groups is 1. The van der Waals surface area contributed by atoms with E-state index in [1.54, 1.807) is 54.6 Å². The molecule has 1 saturated carbocycles. The summed E-state index contributed by atoms with van der Waals surface area (Å²) in [5, 5.41) is 11.3. The highest BCUT2D eigenvalue weighted by Crippen LogP contribution is 2.48. The second-order valence-electron chi connectivity index (χ2n) is 8.35. The molecule has 3 aromatic carbocycles. The van der Waals surface area contributed by atoms with Crippen molar-refractivity contribution in [3.63, 3.8) is 0 Å². The van der Waals surface area contributed by atoms with E-state index in [2.05, 4.69) is 0 Å². The molecule has 1 aliphatic rings. The third-order valence-electron chi connectivity index (χ3n) is 6.13. The van der Waals surface area contributed by atoms with Crippen molar-refractivity contribution in [1.29, 1.82) is 0 Å². The molecule has 156 valence electrons. The Hall–Kier alpha value is -3.37. The van der Waals surface area contributed by atoms with Crippen LogP contribution in [0.5, 0.6) is 0 Å². The van der Waals surface area contributed by atoms with Gasteiger partial charge in [-0.25, -0.2) is 0 Å². The highest BCUT2D eigenvalue weighted by atomic mass is 16.3. The number of rotatable bonds is 5. The van der Waals surface area contributed by atoms with Crippen LogP contribution in [-0.2, 0) is 4.79 Å². The fraction of sp³-hybridized carbons (Fsp3) is 0.222. The monoisotopic (exact) mass is 412 g/mol.